The van der Waals surface area contributed by atoms with Gasteiger partial charge >= 0.3 is 0 Å². The fourth-order valence-electron chi connectivity index (χ4n) is 3.47. The van der Waals surface area contributed by atoms with Gasteiger partial charge in [0.2, 0.25) is 0 Å². The summed E-state index contributed by atoms with van der Waals surface area (Å²) in [7, 11) is 0. The summed E-state index contributed by atoms with van der Waals surface area (Å²) in [5.74, 6) is 0.243. The number of nitrogens with one attached hydrogen (secondary N) is 1. The standard InChI is InChI=1S/C18H24N2O/c1-3-14-6-4-5-9-20(14)12-18(21)16-11-19-17-8-7-13(2)10-15(16)17/h7-8,10-11,14,19H,3-6,9,12H2,1-2H3. The Morgan fingerprint density at radius 2 is 2.24 bits per heavy atom. The molecule has 112 valence electrons. The Hall–Kier alpha value is -1.61. The number of carbonyl (C=O) groups excluding carboxylic acids is 1. The monoisotopic (exact) mass is 284 g/mol. The van der Waals surface area contributed by atoms with Crippen molar-refractivity contribution in [3.63, 3.8) is 0 Å². The molecule has 3 rings (SSSR count). The molecule has 1 aliphatic heterocycles. The van der Waals surface area contributed by atoms with E-state index in [0.29, 0.717) is 12.6 Å². The highest BCUT2D eigenvalue weighted by Crippen LogP contribution is 2.23. The first-order valence-electron chi connectivity index (χ1n) is 8.04. The molecule has 1 aromatic heterocycles. The van der Waals surface area contributed by atoms with E-state index in [2.05, 4.69) is 41.9 Å². The van der Waals surface area contributed by atoms with Gasteiger partial charge < -0.3 is 4.98 Å². The molecule has 0 bridgehead atoms. The predicted octanol–water partition coefficient (Wildman–Crippen LogP) is 3.92. The number of rotatable bonds is 4. The van der Waals surface area contributed by atoms with E-state index in [4.69, 9.17) is 0 Å². The minimum Gasteiger partial charge on any atom is -0.360 e. The number of fused-ring (bicyclic) bond motifs is 1. The van der Waals surface area contributed by atoms with Crippen molar-refractivity contribution in [2.75, 3.05) is 13.1 Å². The largest absolute Gasteiger partial charge is 0.360 e. The number of hydrogen-bond acceptors (Lipinski definition) is 2. The highest BCUT2D eigenvalue weighted by Gasteiger charge is 2.24. The SMILES string of the molecule is CCC1CCCCN1CC(=O)c1c[nH]c2ccc(C)cc12. The number of hydrogen-bond donors (Lipinski definition) is 1. The van der Waals surface area contributed by atoms with Crippen molar-refractivity contribution in [2.24, 2.45) is 0 Å². The van der Waals surface area contributed by atoms with Crippen LogP contribution in [0.25, 0.3) is 10.9 Å². The van der Waals surface area contributed by atoms with E-state index in [0.717, 1.165) is 29.4 Å². The minimum atomic E-state index is 0.243. The van der Waals surface area contributed by atoms with Crippen LogP contribution >= 0.6 is 0 Å². The summed E-state index contributed by atoms with van der Waals surface area (Å²) in [5, 5.41) is 1.06. The molecule has 3 heteroatoms. The van der Waals surface area contributed by atoms with Gasteiger partial charge in [0.05, 0.1) is 6.54 Å². The number of H-pyrrole nitrogens is 1. The summed E-state index contributed by atoms with van der Waals surface area (Å²) >= 11 is 0. The molecule has 1 N–H and O–H groups in total. The third-order valence-corrected chi connectivity index (χ3v) is 4.70. The summed E-state index contributed by atoms with van der Waals surface area (Å²) < 4.78 is 0. The number of Topliss-reactive ketones (excluding diaryl/α,β-unsaturated/α-hetero) is 1. The molecule has 1 unspecified atom stereocenters. The number of aromatic amines is 1. The van der Waals surface area contributed by atoms with Crippen LogP contribution in [0.1, 0.15) is 48.5 Å². The number of aryl methyl sites for hydroxylation is 1. The second-order valence-electron chi connectivity index (χ2n) is 6.20. The van der Waals surface area contributed by atoms with Crippen molar-refractivity contribution in [1.82, 2.24) is 9.88 Å². The molecule has 1 fully saturated rings. The topological polar surface area (TPSA) is 36.1 Å². The molecule has 0 radical (unpaired) electrons. The molecule has 3 nitrogen and oxygen atoms in total. The average molecular weight is 284 g/mol. The normalized spacial score (nSPS) is 20.0. The maximum Gasteiger partial charge on any atom is 0.178 e. The smallest absolute Gasteiger partial charge is 0.178 e. The van der Waals surface area contributed by atoms with Gasteiger partial charge in [0.15, 0.2) is 5.78 Å². The van der Waals surface area contributed by atoms with Crippen LogP contribution in [0.5, 0.6) is 0 Å². The highest BCUT2D eigenvalue weighted by molar-refractivity contribution is 6.08. The van der Waals surface area contributed by atoms with Gasteiger partial charge in [-0.1, -0.05) is 25.0 Å². The van der Waals surface area contributed by atoms with Gasteiger partial charge in [-0.15, -0.1) is 0 Å². The summed E-state index contributed by atoms with van der Waals surface area (Å²) in [6.45, 7) is 5.91. The molecule has 0 aliphatic carbocycles. The first kappa shape index (κ1) is 14.3. The zero-order chi connectivity index (χ0) is 14.8. The number of ketones is 1. The molecule has 1 aliphatic rings. The van der Waals surface area contributed by atoms with Crippen molar-refractivity contribution in [3.8, 4) is 0 Å². The van der Waals surface area contributed by atoms with Crippen molar-refractivity contribution in [3.05, 3.63) is 35.5 Å². The lowest BCUT2D eigenvalue weighted by Gasteiger charge is -2.34. The molecule has 0 amide bonds. The van der Waals surface area contributed by atoms with Crippen LogP contribution in [0.3, 0.4) is 0 Å². The van der Waals surface area contributed by atoms with E-state index >= 15 is 0 Å². The summed E-state index contributed by atoms with van der Waals surface area (Å²) in [6, 6.07) is 6.81. The van der Waals surface area contributed by atoms with Crippen LogP contribution in [0, 0.1) is 6.92 Å². The van der Waals surface area contributed by atoms with Crippen LogP contribution < -0.4 is 0 Å². The molecule has 21 heavy (non-hydrogen) atoms. The Balaban J connectivity index is 1.82. The third-order valence-electron chi connectivity index (χ3n) is 4.70. The zero-order valence-electron chi connectivity index (χ0n) is 13.0. The molecule has 2 aromatic rings. The molecule has 1 atom stereocenters. The van der Waals surface area contributed by atoms with E-state index in [1.54, 1.807) is 0 Å². The van der Waals surface area contributed by atoms with Gasteiger partial charge in [0, 0.05) is 28.7 Å². The lowest BCUT2D eigenvalue weighted by Crippen LogP contribution is -2.42. The molecule has 0 saturated carbocycles. The lowest BCUT2D eigenvalue weighted by atomic mass is 9.99. The second-order valence-corrected chi connectivity index (χ2v) is 6.20. The van der Waals surface area contributed by atoms with Gasteiger partial charge in [-0.3, -0.25) is 9.69 Å². The quantitative estimate of drug-likeness (QED) is 0.864. The fourth-order valence-corrected chi connectivity index (χ4v) is 3.47. The van der Waals surface area contributed by atoms with Crippen molar-refractivity contribution < 1.29 is 4.79 Å². The minimum absolute atomic E-state index is 0.243. The van der Waals surface area contributed by atoms with Gasteiger partial charge in [0.1, 0.15) is 0 Å². The number of nitrogens with zero attached hydrogens (tertiary/aromatic N) is 1. The predicted molar refractivity (Wildman–Crippen MR) is 86.9 cm³/mol. The van der Waals surface area contributed by atoms with Crippen molar-refractivity contribution >= 4 is 16.7 Å². The van der Waals surface area contributed by atoms with E-state index < -0.39 is 0 Å². The van der Waals surface area contributed by atoms with Gasteiger partial charge in [-0.05, 0) is 44.9 Å². The molecular weight excluding hydrogens is 260 g/mol. The second kappa shape index (κ2) is 6.02. The lowest BCUT2D eigenvalue weighted by molar-refractivity contribution is 0.0840. The van der Waals surface area contributed by atoms with E-state index in [9.17, 15) is 4.79 Å². The van der Waals surface area contributed by atoms with Gasteiger partial charge in [-0.25, -0.2) is 0 Å². The number of aromatic nitrogens is 1. The van der Waals surface area contributed by atoms with E-state index in [1.807, 2.05) is 6.20 Å². The molecule has 1 aromatic carbocycles. The first-order chi connectivity index (χ1) is 10.2. The summed E-state index contributed by atoms with van der Waals surface area (Å²) in [4.78, 5) is 18.3. The number of benzene rings is 1. The molecular formula is C18H24N2O. The number of carbonyl (C=O) groups is 1. The van der Waals surface area contributed by atoms with Crippen LogP contribution in [0.15, 0.2) is 24.4 Å². The third kappa shape index (κ3) is 2.88. The maximum atomic E-state index is 12.7. The molecule has 2 heterocycles. The Morgan fingerprint density at radius 3 is 3.05 bits per heavy atom. The molecule has 1 saturated heterocycles. The average Bonchev–Trinajstić information content (AvgIpc) is 2.90. The first-order valence-corrected chi connectivity index (χ1v) is 8.04. The van der Waals surface area contributed by atoms with Crippen LogP contribution in [0.4, 0.5) is 0 Å². The number of piperidine rings is 1. The number of likely N-dealkylation sites (tertiary alicyclic amines) is 1. The van der Waals surface area contributed by atoms with Crippen molar-refractivity contribution in [2.45, 2.75) is 45.6 Å². The highest BCUT2D eigenvalue weighted by atomic mass is 16.1. The maximum absolute atomic E-state index is 12.7. The van der Waals surface area contributed by atoms with E-state index in [1.165, 1.54) is 24.8 Å². The Morgan fingerprint density at radius 1 is 1.38 bits per heavy atom. The van der Waals surface area contributed by atoms with Crippen LogP contribution in [-0.2, 0) is 0 Å². The van der Waals surface area contributed by atoms with Gasteiger partial charge in [0.25, 0.3) is 0 Å². The Kier molecular flexibility index (Phi) is 4.11. The fraction of sp³-hybridized carbons (Fsp3) is 0.500. The van der Waals surface area contributed by atoms with Crippen LogP contribution in [0.2, 0.25) is 0 Å². The van der Waals surface area contributed by atoms with Crippen molar-refractivity contribution in [1.29, 1.82) is 0 Å². The Bertz CT molecular complexity index is 644. The summed E-state index contributed by atoms with van der Waals surface area (Å²) in [6.07, 6.45) is 6.76. The van der Waals surface area contributed by atoms with Gasteiger partial charge in [-0.2, -0.15) is 0 Å². The molecule has 0 spiro atoms. The summed E-state index contributed by atoms with van der Waals surface area (Å²) in [5.41, 5.74) is 3.09. The Labute approximate surface area is 126 Å². The zero-order valence-corrected chi connectivity index (χ0v) is 13.0. The van der Waals surface area contributed by atoms with E-state index in [-0.39, 0.29) is 5.78 Å². The van der Waals surface area contributed by atoms with Crippen LogP contribution in [-0.4, -0.2) is 34.8 Å².